The summed E-state index contributed by atoms with van der Waals surface area (Å²) in [5, 5.41) is 13.0. The van der Waals surface area contributed by atoms with Gasteiger partial charge in [0.15, 0.2) is 0 Å². The van der Waals surface area contributed by atoms with E-state index in [0.717, 1.165) is 0 Å². The van der Waals surface area contributed by atoms with E-state index in [-0.39, 0.29) is 11.7 Å². The van der Waals surface area contributed by atoms with Crippen LogP contribution >= 0.6 is 0 Å². The molecule has 0 aliphatic carbocycles. The Balaban J connectivity index is 1.98. The number of aromatic nitrogens is 1. The minimum atomic E-state index is -0.382. The molecule has 1 heterocycles. The molecule has 5 nitrogen and oxygen atoms in total. The summed E-state index contributed by atoms with van der Waals surface area (Å²) in [5.41, 5.74) is 3.34. The van der Waals surface area contributed by atoms with Crippen LogP contribution < -0.4 is 5.43 Å². The van der Waals surface area contributed by atoms with Crippen LogP contribution in [0.4, 0.5) is 0 Å². The Hall–Kier alpha value is -2.69. The number of hydrazone groups is 1. The number of hydrogen-bond acceptors (Lipinski definition) is 4. The van der Waals surface area contributed by atoms with E-state index in [0.29, 0.717) is 11.3 Å². The second-order valence-electron chi connectivity index (χ2n) is 3.51. The van der Waals surface area contributed by atoms with E-state index in [1.54, 1.807) is 36.4 Å². The molecule has 0 unspecified atom stereocenters. The van der Waals surface area contributed by atoms with Gasteiger partial charge in [-0.25, -0.2) is 5.43 Å². The number of rotatable bonds is 3. The summed E-state index contributed by atoms with van der Waals surface area (Å²) in [6.45, 7) is 0. The second-order valence-corrected chi connectivity index (χ2v) is 3.51. The number of pyridine rings is 1. The fraction of sp³-hybridized carbons (Fsp3) is 0. The second kappa shape index (κ2) is 5.58. The van der Waals surface area contributed by atoms with Gasteiger partial charge in [-0.3, -0.25) is 9.78 Å². The lowest BCUT2D eigenvalue weighted by molar-refractivity contribution is 0.0950. The topological polar surface area (TPSA) is 74.6 Å². The Bertz CT molecular complexity index is 567. The Morgan fingerprint density at radius 3 is 2.89 bits per heavy atom. The molecule has 0 bridgehead atoms. The van der Waals surface area contributed by atoms with Crippen molar-refractivity contribution in [2.75, 3.05) is 0 Å². The number of carbonyl (C=O) groups excluding carboxylic acids is 1. The van der Waals surface area contributed by atoms with E-state index < -0.39 is 0 Å². The number of hydrogen-bond donors (Lipinski definition) is 2. The molecule has 0 aliphatic heterocycles. The van der Waals surface area contributed by atoms with Crippen molar-refractivity contribution in [2.24, 2.45) is 5.10 Å². The van der Waals surface area contributed by atoms with Gasteiger partial charge in [0.25, 0.3) is 5.91 Å². The predicted octanol–water partition coefficient (Wildman–Crippen LogP) is 1.55. The third-order valence-electron chi connectivity index (χ3n) is 2.15. The van der Waals surface area contributed by atoms with Crippen molar-refractivity contribution in [3.8, 4) is 5.75 Å². The molecule has 2 N–H and O–H groups in total. The van der Waals surface area contributed by atoms with Crippen molar-refractivity contribution in [2.45, 2.75) is 0 Å². The smallest absolute Gasteiger partial charge is 0.289 e. The van der Waals surface area contributed by atoms with Crippen LogP contribution in [-0.2, 0) is 0 Å². The van der Waals surface area contributed by atoms with E-state index in [1.165, 1.54) is 18.5 Å². The average Bonchev–Trinajstić information content (AvgIpc) is 2.40. The van der Waals surface area contributed by atoms with Gasteiger partial charge in [-0.1, -0.05) is 18.2 Å². The number of phenols is 1. The number of nitrogens with one attached hydrogen (secondary N) is 1. The molecule has 0 saturated heterocycles. The van der Waals surface area contributed by atoms with E-state index in [4.69, 9.17) is 0 Å². The number of benzene rings is 1. The van der Waals surface area contributed by atoms with E-state index >= 15 is 0 Å². The molecule has 0 radical (unpaired) electrons. The summed E-state index contributed by atoms with van der Waals surface area (Å²) in [4.78, 5) is 15.5. The van der Waals surface area contributed by atoms with Crippen molar-refractivity contribution in [1.82, 2.24) is 10.4 Å². The first-order chi connectivity index (χ1) is 8.75. The maximum atomic E-state index is 11.6. The SMILES string of the molecule is O=C(NN=Cc1cccc(O)c1)c1ccccn1. The molecule has 90 valence electrons. The molecule has 0 spiro atoms. The average molecular weight is 241 g/mol. The maximum Gasteiger partial charge on any atom is 0.289 e. The van der Waals surface area contributed by atoms with Gasteiger partial charge in [-0.05, 0) is 29.8 Å². The van der Waals surface area contributed by atoms with Gasteiger partial charge in [0, 0.05) is 6.20 Å². The van der Waals surface area contributed by atoms with Crippen molar-refractivity contribution in [3.63, 3.8) is 0 Å². The number of carbonyl (C=O) groups is 1. The molecule has 1 aromatic heterocycles. The summed E-state index contributed by atoms with van der Waals surface area (Å²) in [6.07, 6.45) is 2.98. The van der Waals surface area contributed by atoms with Crippen molar-refractivity contribution < 1.29 is 9.90 Å². The minimum Gasteiger partial charge on any atom is -0.508 e. The summed E-state index contributed by atoms with van der Waals surface area (Å²) in [6, 6.07) is 11.6. The predicted molar refractivity (Wildman–Crippen MR) is 67.4 cm³/mol. The molecule has 2 rings (SSSR count). The molecule has 0 fully saturated rings. The first-order valence-electron chi connectivity index (χ1n) is 5.29. The third kappa shape index (κ3) is 3.15. The largest absolute Gasteiger partial charge is 0.508 e. The van der Waals surface area contributed by atoms with Gasteiger partial charge in [0.05, 0.1) is 6.21 Å². The molecule has 0 saturated carbocycles. The first kappa shape index (κ1) is 11.8. The van der Waals surface area contributed by atoms with Gasteiger partial charge < -0.3 is 5.11 Å². The van der Waals surface area contributed by atoms with E-state index in [1.807, 2.05) is 0 Å². The Morgan fingerprint density at radius 1 is 1.28 bits per heavy atom. The molecule has 1 aromatic carbocycles. The molecule has 1 amide bonds. The van der Waals surface area contributed by atoms with E-state index in [9.17, 15) is 9.90 Å². The van der Waals surface area contributed by atoms with Crippen LogP contribution in [0.3, 0.4) is 0 Å². The minimum absolute atomic E-state index is 0.148. The van der Waals surface area contributed by atoms with Gasteiger partial charge in [0.2, 0.25) is 0 Å². The zero-order chi connectivity index (χ0) is 12.8. The first-order valence-corrected chi connectivity index (χ1v) is 5.29. The van der Waals surface area contributed by atoms with Crippen molar-refractivity contribution in [3.05, 3.63) is 59.9 Å². The normalized spacial score (nSPS) is 10.4. The molecule has 2 aromatic rings. The monoisotopic (exact) mass is 241 g/mol. The number of amides is 1. The van der Waals surface area contributed by atoms with Crippen LogP contribution in [0, 0.1) is 0 Å². The van der Waals surface area contributed by atoms with Crippen LogP contribution in [0.25, 0.3) is 0 Å². The molecule has 5 heteroatoms. The summed E-state index contributed by atoms with van der Waals surface area (Å²) in [7, 11) is 0. The van der Waals surface area contributed by atoms with Crippen molar-refractivity contribution >= 4 is 12.1 Å². The highest BCUT2D eigenvalue weighted by Crippen LogP contribution is 2.08. The lowest BCUT2D eigenvalue weighted by Crippen LogP contribution is -2.18. The van der Waals surface area contributed by atoms with Crippen LogP contribution in [0.1, 0.15) is 16.1 Å². The summed E-state index contributed by atoms with van der Waals surface area (Å²) >= 11 is 0. The zero-order valence-corrected chi connectivity index (χ0v) is 9.45. The number of aromatic hydroxyl groups is 1. The number of nitrogens with zero attached hydrogens (tertiary/aromatic N) is 2. The summed E-state index contributed by atoms with van der Waals surface area (Å²) in [5.74, 6) is -0.234. The standard InChI is InChI=1S/C13H11N3O2/c17-11-5-3-4-10(8-11)9-15-16-13(18)12-6-1-2-7-14-12/h1-9,17H,(H,16,18). The van der Waals surface area contributed by atoms with Crippen molar-refractivity contribution in [1.29, 1.82) is 0 Å². The Kier molecular flexibility index (Phi) is 3.66. The fourth-order valence-electron chi connectivity index (χ4n) is 1.32. The molecular formula is C13H11N3O2. The van der Waals surface area contributed by atoms with E-state index in [2.05, 4.69) is 15.5 Å². The zero-order valence-electron chi connectivity index (χ0n) is 9.45. The van der Waals surface area contributed by atoms with Gasteiger partial charge in [-0.2, -0.15) is 5.10 Å². The summed E-state index contributed by atoms with van der Waals surface area (Å²) < 4.78 is 0. The van der Waals surface area contributed by atoms with Gasteiger partial charge in [-0.15, -0.1) is 0 Å². The molecular weight excluding hydrogens is 230 g/mol. The fourth-order valence-corrected chi connectivity index (χ4v) is 1.32. The van der Waals surface area contributed by atoms with Crippen LogP contribution in [0.2, 0.25) is 0 Å². The number of phenolic OH excluding ortho intramolecular Hbond substituents is 1. The Labute approximate surface area is 104 Å². The third-order valence-corrected chi connectivity index (χ3v) is 2.15. The lowest BCUT2D eigenvalue weighted by atomic mass is 10.2. The Morgan fingerprint density at radius 2 is 2.17 bits per heavy atom. The highest BCUT2D eigenvalue weighted by atomic mass is 16.3. The van der Waals surface area contributed by atoms with Gasteiger partial charge in [0.1, 0.15) is 11.4 Å². The quantitative estimate of drug-likeness (QED) is 0.632. The maximum absolute atomic E-state index is 11.6. The molecule has 0 atom stereocenters. The van der Waals surface area contributed by atoms with Gasteiger partial charge >= 0.3 is 0 Å². The molecule has 18 heavy (non-hydrogen) atoms. The molecule has 0 aliphatic rings. The highest BCUT2D eigenvalue weighted by molar-refractivity contribution is 5.93. The van der Waals surface area contributed by atoms with Crippen LogP contribution in [-0.4, -0.2) is 22.2 Å². The highest BCUT2D eigenvalue weighted by Gasteiger charge is 2.03. The van der Waals surface area contributed by atoms with Crippen LogP contribution in [0.15, 0.2) is 53.8 Å². The van der Waals surface area contributed by atoms with Crippen LogP contribution in [0.5, 0.6) is 5.75 Å². The lowest BCUT2D eigenvalue weighted by Gasteiger charge is -1.98.